The minimum atomic E-state index is -1.76. The van der Waals surface area contributed by atoms with Crippen LogP contribution < -0.4 is 5.73 Å². The van der Waals surface area contributed by atoms with Gasteiger partial charge in [-0.15, -0.1) is 0 Å². The van der Waals surface area contributed by atoms with Crippen LogP contribution in [-0.2, 0) is 9.73 Å². The van der Waals surface area contributed by atoms with Gasteiger partial charge in [0.2, 0.25) is 0 Å². The lowest BCUT2D eigenvalue weighted by Gasteiger charge is -2.31. The zero-order valence-electron chi connectivity index (χ0n) is 7.95. The van der Waals surface area contributed by atoms with E-state index in [4.69, 9.17) is 5.73 Å². The van der Waals surface area contributed by atoms with Crippen molar-refractivity contribution < 1.29 is 4.21 Å². The zero-order valence-corrected chi connectivity index (χ0v) is 8.76. The smallest absolute Gasteiger partial charge is 0.0513 e. The molecule has 1 saturated carbocycles. The van der Waals surface area contributed by atoms with E-state index >= 15 is 0 Å². The van der Waals surface area contributed by atoms with Crippen LogP contribution in [0.3, 0.4) is 0 Å². The van der Waals surface area contributed by atoms with Gasteiger partial charge in [0.15, 0.2) is 0 Å². The molecule has 2 aliphatic rings. The van der Waals surface area contributed by atoms with Gasteiger partial charge in [0.05, 0.1) is 6.54 Å². The quantitative estimate of drug-likeness (QED) is 0.726. The van der Waals surface area contributed by atoms with Crippen molar-refractivity contribution in [3.05, 3.63) is 0 Å². The fourth-order valence-electron chi connectivity index (χ4n) is 2.06. The van der Waals surface area contributed by atoms with Crippen LogP contribution in [0, 0.1) is 5.92 Å². The van der Waals surface area contributed by atoms with Crippen LogP contribution in [0.25, 0.3) is 0 Å². The van der Waals surface area contributed by atoms with Crippen molar-refractivity contribution >= 4 is 9.73 Å². The van der Waals surface area contributed by atoms with Crippen molar-refractivity contribution in [2.45, 2.75) is 31.7 Å². The summed E-state index contributed by atoms with van der Waals surface area (Å²) in [5, 5.41) is 0. The predicted octanol–water partition coefficient (Wildman–Crippen LogP) is 0.985. The van der Waals surface area contributed by atoms with Crippen LogP contribution in [-0.4, -0.2) is 28.3 Å². The third-order valence-corrected chi connectivity index (χ3v) is 5.49. The standard InChI is InChI=1S/C9H18N2OS/c10-9-5-8(6-9)7-11-13(12)3-1-2-4-13/h8-9H,1-7,10H2. The molecule has 3 nitrogen and oxygen atoms in total. The largest absolute Gasteiger partial charge is 0.328 e. The topological polar surface area (TPSA) is 55.4 Å². The lowest BCUT2D eigenvalue weighted by molar-refractivity contribution is 0.275. The number of hydrogen-bond acceptors (Lipinski definition) is 3. The van der Waals surface area contributed by atoms with Gasteiger partial charge in [0.25, 0.3) is 0 Å². The van der Waals surface area contributed by atoms with Gasteiger partial charge < -0.3 is 5.73 Å². The van der Waals surface area contributed by atoms with E-state index in [-0.39, 0.29) is 0 Å². The summed E-state index contributed by atoms with van der Waals surface area (Å²) < 4.78 is 16.3. The second-order valence-corrected chi connectivity index (χ2v) is 6.92. The fraction of sp³-hybridized carbons (Fsp3) is 1.00. The SMILES string of the molecule is NC1CC(CN=S2(=O)CCCC2)C1. The molecule has 0 atom stereocenters. The Morgan fingerprint density at radius 2 is 1.92 bits per heavy atom. The summed E-state index contributed by atoms with van der Waals surface area (Å²) >= 11 is 0. The number of nitrogens with two attached hydrogens (primary N) is 1. The molecule has 0 aromatic heterocycles. The van der Waals surface area contributed by atoms with E-state index in [1.54, 1.807) is 0 Å². The van der Waals surface area contributed by atoms with Crippen LogP contribution in [0.2, 0.25) is 0 Å². The Labute approximate surface area is 80.3 Å². The second-order valence-electron chi connectivity index (χ2n) is 4.30. The van der Waals surface area contributed by atoms with Crippen molar-refractivity contribution in [2.24, 2.45) is 16.0 Å². The van der Waals surface area contributed by atoms with Crippen molar-refractivity contribution in [1.29, 1.82) is 0 Å². The first-order valence-electron chi connectivity index (χ1n) is 5.12. The lowest BCUT2D eigenvalue weighted by Crippen LogP contribution is -2.37. The lowest BCUT2D eigenvalue weighted by atomic mass is 9.81. The first kappa shape index (κ1) is 9.46. The van der Waals surface area contributed by atoms with Gasteiger partial charge in [-0.05, 0) is 31.6 Å². The molecule has 0 bridgehead atoms. The minimum absolute atomic E-state index is 0.390. The molecule has 13 heavy (non-hydrogen) atoms. The van der Waals surface area contributed by atoms with Crippen molar-refractivity contribution in [3.63, 3.8) is 0 Å². The van der Waals surface area contributed by atoms with E-state index in [0.29, 0.717) is 12.0 Å². The normalized spacial score (nSPS) is 37.0. The summed E-state index contributed by atoms with van der Waals surface area (Å²) in [5.41, 5.74) is 5.67. The Kier molecular flexibility index (Phi) is 2.60. The van der Waals surface area contributed by atoms with E-state index in [1.165, 1.54) is 0 Å². The van der Waals surface area contributed by atoms with E-state index in [0.717, 1.165) is 43.7 Å². The molecule has 4 heteroatoms. The monoisotopic (exact) mass is 202 g/mol. The highest BCUT2D eigenvalue weighted by Crippen LogP contribution is 2.26. The van der Waals surface area contributed by atoms with Crippen LogP contribution in [0.5, 0.6) is 0 Å². The number of nitrogens with zero attached hydrogens (tertiary/aromatic N) is 1. The minimum Gasteiger partial charge on any atom is -0.328 e. The molecule has 0 spiro atoms. The highest BCUT2D eigenvalue weighted by atomic mass is 32.2. The van der Waals surface area contributed by atoms with Gasteiger partial charge in [-0.25, -0.2) is 8.57 Å². The molecular weight excluding hydrogens is 184 g/mol. The Balaban J connectivity index is 1.86. The van der Waals surface area contributed by atoms with Gasteiger partial charge >= 0.3 is 0 Å². The number of hydrogen-bond donors (Lipinski definition) is 1. The van der Waals surface area contributed by atoms with Gasteiger partial charge in [0, 0.05) is 27.3 Å². The molecular formula is C9H18N2OS. The average Bonchev–Trinajstić information content (AvgIpc) is 2.45. The van der Waals surface area contributed by atoms with Crippen LogP contribution in [0.1, 0.15) is 25.7 Å². The highest BCUT2D eigenvalue weighted by molar-refractivity contribution is 7.93. The van der Waals surface area contributed by atoms with Crippen molar-refractivity contribution in [2.75, 3.05) is 18.1 Å². The van der Waals surface area contributed by atoms with Gasteiger partial charge in [0.1, 0.15) is 0 Å². The van der Waals surface area contributed by atoms with Gasteiger partial charge in [-0.2, -0.15) is 0 Å². The average molecular weight is 202 g/mol. The molecule has 2 fully saturated rings. The van der Waals surface area contributed by atoms with Crippen LogP contribution in [0.4, 0.5) is 0 Å². The fourth-order valence-corrected chi connectivity index (χ4v) is 4.32. The van der Waals surface area contributed by atoms with Gasteiger partial charge in [-0.3, -0.25) is 0 Å². The molecule has 76 valence electrons. The summed E-state index contributed by atoms with van der Waals surface area (Å²) in [6.07, 6.45) is 4.37. The Bertz CT molecular complexity index is 276. The maximum Gasteiger partial charge on any atom is 0.0513 e. The second kappa shape index (κ2) is 3.58. The molecule has 0 aromatic carbocycles. The van der Waals surface area contributed by atoms with Crippen LogP contribution >= 0.6 is 0 Å². The highest BCUT2D eigenvalue weighted by Gasteiger charge is 2.26. The Hall–Kier alpha value is -0.0900. The van der Waals surface area contributed by atoms with Gasteiger partial charge in [-0.1, -0.05) is 0 Å². The maximum atomic E-state index is 11.9. The summed E-state index contributed by atoms with van der Waals surface area (Å²) in [6.45, 7) is 0.798. The summed E-state index contributed by atoms with van der Waals surface area (Å²) in [5.74, 6) is 2.31. The molecule has 0 aromatic rings. The molecule has 2 rings (SSSR count). The molecule has 1 heterocycles. The van der Waals surface area contributed by atoms with E-state index in [1.807, 2.05) is 0 Å². The van der Waals surface area contributed by atoms with E-state index in [2.05, 4.69) is 4.36 Å². The van der Waals surface area contributed by atoms with E-state index in [9.17, 15) is 4.21 Å². The molecule has 0 unspecified atom stereocenters. The summed E-state index contributed by atoms with van der Waals surface area (Å²) in [4.78, 5) is 0. The summed E-state index contributed by atoms with van der Waals surface area (Å²) in [6, 6.07) is 0.390. The third kappa shape index (κ3) is 2.23. The van der Waals surface area contributed by atoms with Crippen molar-refractivity contribution in [3.8, 4) is 0 Å². The third-order valence-electron chi connectivity index (χ3n) is 3.02. The maximum absolute atomic E-state index is 11.9. The van der Waals surface area contributed by atoms with E-state index < -0.39 is 9.73 Å². The van der Waals surface area contributed by atoms with Crippen molar-refractivity contribution in [1.82, 2.24) is 0 Å². The molecule has 0 radical (unpaired) electrons. The zero-order chi connectivity index (χ0) is 9.31. The Morgan fingerprint density at radius 1 is 1.31 bits per heavy atom. The molecule has 1 aliphatic carbocycles. The molecule has 1 saturated heterocycles. The molecule has 1 aliphatic heterocycles. The number of rotatable bonds is 2. The molecule has 2 N–H and O–H groups in total. The Morgan fingerprint density at radius 3 is 2.46 bits per heavy atom. The van der Waals surface area contributed by atoms with Crippen LogP contribution in [0.15, 0.2) is 4.36 Å². The predicted molar refractivity (Wildman–Crippen MR) is 55.1 cm³/mol. The first-order valence-corrected chi connectivity index (χ1v) is 6.97. The first-order chi connectivity index (χ1) is 6.18. The summed E-state index contributed by atoms with van der Waals surface area (Å²) in [7, 11) is -1.76. The molecule has 0 amide bonds.